The van der Waals surface area contributed by atoms with E-state index in [1.165, 1.54) is 11.3 Å². The molecule has 3 aromatic rings. The fourth-order valence-electron chi connectivity index (χ4n) is 1.61. The van der Waals surface area contributed by atoms with Gasteiger partial charge in [-0.3, -0.25) is 4.98 Å². The average molecular weight is 236 g/mol. The summed E-state index contributed by atoms with van der Waals surface area (Å²) in [4.78, 5) is 6.97. The van der Waals surface area contributed by atoms with Gasteiger partial charge in [0.2, 0.25) is 0 Å². The lowest BCUT2D eigenvalue weighted by Gasteiger charge is -1.96. The lowest BCUT2D eigenvalue weighted by molar-refractivity contribution is 1.11. The van der Waals surface area contributed by atoms with Crippen LogP contribution in [-0.2, 0) is 6.42 Å². The Morgan fingerprint density at radius 2 is 1.50 bits per heavy atom. The molecule has 18 heavy (non-hydrogen) atoms. The van der Waals surface area contributed by atoms with Gasteiger partial charge in [-0.2, -0.15) is 0 Å². The van der Waals surface area contributed by atoms with Crippen molar-refractivity contribution in [3.63, 3.8) is 0 Å². The second-order valence-corrected chi connectivity index (χ2v) is 3.88. The molecule has 0 saturated carbocycles. The first-order valence-corrected chi connectivity index (χ1v) is 5.96. The van der Waals surface area contributed by atoms with Crippen LogP contribution < -0.4 is 0 Å². The van der Waals surface area contributed by atoms with E-state index in [2.05, 4.69) is 40.3 Å². The van der Waals surface area contributed by atoms with Crippen molar-refractivity contribution >= 4 is 0 Å². The predicted molar refractivity (Wildman–Crippen MR) is 74.3 cm³/mol. The highest BCUT2D eigenvalue weighted by atomic mass is 14.7. The Kier molecular flexibility index (Phi) is 4.76. The number of aromatic nitrogens is 2. The Bertz CT molecular complexity index is 489. The topological polar surface area (TPSA) is 28.7 Å². The van der Waals surface area contributed by atoms with Gasteiger partial charge >= 0.3 is 0 Å². The van der Waals surface area contributed by atoms with Crippen LogP contribution in [-0.4, -0.2) is 9.97 Å². The van der Waals surface area contributed by atoms with Gasteiger partial charge in [0.25, 0.3) is 0 Å². The third-order valence-electron chi connectivity index (χ3n) is 2.47. The summed E-state index contributed by atoms with van der Waals surface area (Å²) in [6.45, 7) is 0. The number of nitrogens with zero attached hydrogens (tertiary/aromatic N) is 1. The lowest BCUT2D eigenvalue weighted by Crippen LogP contribution is -1.86. The number of aromatic amines is 1. The number of H-pyrrole nitrogens is 1. The van der Waals surface area contributed by atoms with Gasteiger partial charge in [0.15, 0.2) is 0 Å². The molecule has 2 heterocycles. The van der Waals surface area contributed by atoms with E-state index in [-0.39, 0.29) is 0 Å². The number of nitrogens with one attached hydrogen (secondary N) is 1. The van der Waals surface area contributed by atoms with E-state index < -0.39 is 0 Å². The molecule has 0 radical (unpaired) electrons. The SMILES string of the molecule is c1ccc(Cc2ccc[nH]2)cc1.c1ccncc1. The summed E-state index contributed by atoms with van der Waals surface area (Å²) >= 11 is 0. The molecule has 0 spiro atoms. The van der Waals surface area contributed by atoms with Gasteiger partial charge in [0, 0.05) is 30.7 Å². The van der Waals surface area contributed by atoms with Crippen molar-refractivity contribution in [2.24, 2.45) is 0 Å². The van der Waals surface area contributed by atoms with E-state index in [0.717, 1.165) is 6.42 Å². The van der Waals surface area contributed by atoms with Crippen LogP contribution >= 0.6 is 0 Å². The van der Waals surface area contributed by atoms with Gasteiger partial charge in [-0.1, -0.05) is 36.4 Å². The van der Waals surface area contributed by atoms with Crippen LogP contribution in [0.3, 0.4) is 0 Å². The van der Waals surface area contributed by atoms with Gasteiger partial charge in [0.1, 0.15) is 0 Å². The van der Waals surface area contributed by atoms with Gasteiger partial charge < -0.3 is 4.98 Å². The minimum Gasteiger partial charge on any atom is -0.365 e. The maximum Gasteiger partial charge on any atom is 0.0267 e. The largest absolute Gasteiger partial charge is 0.365 e. The summed E-state index contributed by atoms with van der Waals surface area (Å²) in [5.74, 6) is 0. The van der Waals surface area contributed by atoms with Crippen LogP contribution in [0.5, 0.6) is 0 Å². The van der Waals surface area contributed by atoms with E-state index in [4.69, 9.17) is 0 Å². The molecule has 1 N–H and O–H groups in total. The summed E-state index contributed by atoms with van der Waals surface area (Å²) in [6, 6.07) is 20.3. The minimum absolute atomic E-state index is 0.994. The monoisotopic (exact) mass is 236 g/mol. The molecular weight excluding hydrogens is 220 g/mol. The maximum atomic E-state index is 3.78. The summed E-state index contributed by atoms with van der Waals surface area (Å²) in [7, 11) is 0. The summed E-state index contributed by atoms with van der Waals surface area (Å²) < 4.78 is 0. The first-order valence-electron chi connectivity index (χ1n) is 5.96. The smallest absolute Gasteiger partial charge is 0.0267 e. The van der Waals surface area contributed by atoms with Crippen molar-refractivity contribution in [2.45, 2.75) is 6.42 Å². The minimum atomic E-state index is 0.994. The molecule has 0 saturated heterocycles. The third kappa shape index (κ3) is 4.26. The molecule has 0 unspecified atom stereocenters. The van der Waals surface area contributed by atoms with Crippen LogP contribution in [0.4, 0.5) is 0 Å². The molecule has 2 heteroatoms. The van der Waals surface area contributed by atoms with Gasteiger partial charge in [0.05, 0.1) is 0 Å². The summed E-state index contributed by atoms with van der Waals surface area (Å²) in [5.41, 5.74) is 2.61. The van der Waals surface area contributed by atoms with Gasteiger partial charge in [-0.15, -0.1) is 0 Å². The Morgan fingerprint density at radius 1 is 0.778 bits per heavy atom. The number of hydrogen-bond donors (Lipinski definition) is 1. The molecule has 0 aliphatic carbocycles. The predicted octanol–water partition coefficient (Wildman–Crippen LogP) is 3.69. The Balaban J connectivity index is 0.000000169. The standard InChI is InChI=1S/C11H11N.C5H5N/c1-2-5-10(6-3-1)9-11-7-4-8-12-11;1-2-4-6-5-3-1/h1-8,12H,9H2;1-5H. The van der Waals surface area contributed by atoms with Gasteiger partial charge in [-0.05, 0) is 29.8 Å². The average Bonchev–Trinajstić information content (AvgIpc) is 2.96. The van der Waals surface area contributed by atoms with Crippen molar-refractivity contribution in [3.8, 4) is 0 Å². The molecule has 1 aromatic carbocycles. The van der Waals surface area contributed by atoms with E-state index in [1.807, 2.05) is 36.5 Å². The third-order valence-corrected chi connectivity index (χ3v) is 2.47. The molecule has 0 aliphatic rings. The molecule has 3 rings (SSSR count). The maximum absolute atomic E-state index is 3.78. The zero-order valence-corrected chi connectivity index (χ0v) is 10.2. The first-order chi connectivity index (χ1) is 8.95. The van der Waals surface area contributed by atoms with Gasteiger partial charge in [-0.25, -0.2) is 0 Å². The van der Waals surface area contributed by atoms with Crippen LogP contribution in [0.25, 0.3) is 0 Å². The summed E-state index contributed by atoms with van der Waals surface area (Å²) in [6.07, 6.45) is 6.45. The van der Waals surface area contributed by atoms with Crippen molar-refractivity contribution < 1.29 is 0 Å². The van der Waals surface area contributed by atoms with E-state index in [9.17, 15) is 0 Å². The van der Waals surface area contributed by atoms with Crippen molar-refractivity contribution in [1.29, 1.82) is 0 Å². The molecule has 90 valence electrons. The van der Waals surface area contributed by atoms with Crippen molar-refractivity contribution in [3.05, 3.63) is 90.5 Å². The quantitative estimate of drug-likeness (QED) is 0.722. The highest BCUT2D eigenvalue weighted by Crippen LogP contribution is 2.05. The molecular formula is C16H16N2. The Morgan fingerprint density at radius 3 is 2.00 bits per heavy atom. The first kappa shape index (κ1) is 12.1. The Labute approximate surface area is 107 Å². The second-order valence-electron chi connectivity index (χ2n) is 3.88. The zero-order valence-electron chi connectivity index (χ0n) is 10.2. The number of benzene rings is 1. The number of pyridine rings is 1. The number of hydrogen-bond acceptors (Lipinski definition) is 1. The highest BCUT2D eigenvalue weighted by molar-refractivity contribution is 5.21. The molecule has 0 amide bonds. The van der Waals surface area contributed by atoms with Crippen LogP contribution in [0.15, 0.2) is 79.3 Å². The molecule has 0 fully saturated rings. The van der Waals surface area contributed by atoms with Crippen LogP contribution in [0.1, 0.15) is 11.3 Å². The normalized spacial score (nSPS) is 9.33. The molecule has 0 atom stereocenters. The number of rotatable bonds is 2. The summed E-state index contributed by atoms with van der Waals surface area (Å²) in [5, 5.41) is 0. The van der Waals surface area contributed by atoms with E-state index in [0.29, 0.717) is 0 Å². The Hall–Kier alpha value is -2.35. The molecule has 0 bridgehead atoms. The molecule has 2 aromatic heterocycles. The van der Waals surface area contributed by atoms with E-state index >= 15 is 0 Å². The molecule has 0 aliphatic heterocycles. The fraction of sp³-hybridized carbons (Fsp3) is 0.0625. The fourth-order valence-corrected chi connectivity index (χ4v) is 1.61. The highest BCUT2D eigenvalue weighted by Gasteiger charge is 1.93. The lowest BCUT2D eigenvalue weighted by atomic mass is 10.1. The van der Waals surface area contributed by atoms with Crippen molar-refractivity contribution in [2.75, 3.05) is 0 Å². The van der Waals surface area contributed by atoms with E-state index in [1.54, 1.807) is 12.4 Å². The zero-order chi connectivity index (χ0) is 12.5. The molecule has 2 nitrogen and oxygen atoms in total. The van der Waals surface area contributed by atoms with Crippen LogP contribution in [0, 0.1) is 0 Å². The second kappa shape index (κ2) is 7.07. The van der Waals surface area contributed by atoms with Crippen molar-refractivity contribution in [1.82, 2.24) is 9.97 Å². The van der Waals surface area contributed by atoms with Crippen LogP contribution in [0.2, 0.25) is 0 Å².